The van der Waals surface area contributed by atoms with Crippen molar-refractivity contribution in [2.45, 2.75) is 45.2 Å². The Kier molecular flexibility index (Phi) is 7.25. The van der Waals surface area contributed by atoms with Gasteiger partial charge in [0.15, 0.2) is 0 Å². The van der Waals surface area contributed by atoms with Crippen LogP contribution in [0.15, 0.2) is 24.3 Å². The molecule has 0 spiro atoms. The van der Waals surface area contributed by atoms with E-state index in [9.17, 15) is 14.0 Å². The monoisotopic (exact) mass is 391 g/mol. The van der Waals surface area contributed by atoms with E-state index in [0.29, 0.717) is 32.5 Å². The van der Waals surface area contributed by atoms with Gasteiger partial charge in [0.2, 0.25) is 0 Å². The topological polar surface area (TPSA) is 61.9 Å². The highest BCUT2D eigenvalue weighted by molar-refractivity contribution is 5.76. The van der Waals surface area contributed by atoms with Gasteiger partial charge in [0.05, 0.1) is 12.5 Å². The Balaban J connectivity index is 1.37. The van der Waals surface area contributed by atoms with Crippen LogP contribution in [-0.4, -0.2) is 60.6 Å². The maximum absolute atomic E-state index is 13.0. The summed E-state index contributed by atoms with van der Waals surface area (Å²) in [6.45, 7) is 6.03. The standard InChI is InChI=1S/C21H30FN3O3/c1-2-28-20(26)17-7-13-25(14-8-17)21(27)23-19-9-11-24(12-10-19)15-16-3-5-18(22)6-4-16/h3-6,17,19H,2,7-15H2,1H3,(H,23,27). The van der Waals surface area contributed by atoms with Crippen molar-refractivity contribution in [3.05, 3.63) is 35.6 Å². The zero-order chi connectivity index (χ0) is 19.9. The van der Waals surface area contributed by atoms with Crippen LogP contribution < -0.4 is 5.32 Å². The normalized spacial score (nSPS) is 19.4. The van der Waals surface area contributed by atoms with Crippen LogP contribution in [0.4, 0.5) is 9.18 Å². The van der Waals surface area contributed by atoms with E-state index in [1.165, 1.54) is 12.1 Å². The fraction of sp³-hybridized carbons (Fsp3) is 0.619. The average Bonchev–Trinajstić information content (AvgIpc) is 2.71. The lowest BCUT2D eigenvalue weighted by Gasteiger charge is -2.35. The number of hydrogen-bond donors (Lipinski definition) is 1. The molecule has 1 aromatic carbocycles. The number of piperidine rings is 2. The zero-order valence-corrected chi connectivity index (χ0v) is 16.5. The van der Waals surface area contributed by atoms with Crippen molar-refractivity contribution in [2.75, 3.05) is 32.8 Å². The summed E-state index contributed by atoms with van der Waals surface area (Å²) in [5, 5.41) is 3.14. The number of urea groups is 1. The molecule has 6 nitrogen and oxygen atoms in total. The Bertz CT molecular complexity index is 651. The number of carbonyl (C=O) groups is 2. The highest BCUT2D eigenvalue weighted by atomic mass is 19.1. The SMILES string of the molecule is CCOC(=O)C1CCN(C(=O)NC2CCN(Cc3ccc(F)cc3)CC2)CC1. The smallest absolute Gasteiger partial charge is 0.317 e. The Morgan fingerprint density at radius 2 is 1.71 bits per heavy atom. The summed E-state index contributed by atoms with van der Waals surface area (Å²) >= 11 is 0. The summed E-state index contributed by atoms with van der Waals surface area (Å²) in [5.41, 5.74) is 1.10. The molecule has 0 atom stereocenters. The third-order valence-corrected chi connectivity index (χ3v) is 5.64. The summed E-state index contributed by atoms with van der Waals surface area (Å²) in [4.78, 5) is 28.5. The van der Waals surface area contributed by atoms with Gasteiger partial charge in [-0.1, -0.05) is 12.1 Å². The van der Waals surface area contributed by atoms with Crippen molar-refractivity contribution in [1.29, 1.82) is 0 Å². The summed E-state index contributed by atoms with van der Waals surface area (Å²) in [6, 6.07) is 6.78. The Hall–Kier alpha value is -2.15. The summed E-state index contributed by atoms with van der Waals surface area (Å²) in [7, 11) is 0. The molecule has 2 heterocycles. The number of likely N-dealkylation sites (tertiary alicyclic amines) is 2. The fourth-order valence-electron chi connectivity index (χ4n) is 3.93. The van der Waals surface area contributed by atoms with E-state index in [1.54, 1.807) is 4.90 Å². The minimum Gasteiger partial charge on any atom is -0.466 e. The first kappa shape index (κ1) is 20.6. The third-order valence-electron chi connectivity index (χ3n) is 5.64. The van der Waals surface area contributed by atoms with Gasteiger partial charge in [0, 0.05) is 38.8 Å². The van der Waals surface area contributed by atoms with E-state index in [0.717, 1.165) is 38.0 Å². The van der Waals surface area contributed by atoms with E-state index >= 15 is 0 Å². The molecule has 2 fully saturated rings. The van der Waals surface area contributed by atoms with Crippen LogP contribution >= 0.6 is 0 Å². The second kappa shape index (κ2) is 9.87. The zero-order valence-electron chi connectivity index (χ0n) is 16.5. The maximum atomic E-state index is 13.0. The Morgan fingerprint density at radius 1 is 1.07 bits per heavy atom. The van der Waals surface area contributed by atoms with Crippen molar-refractivity contribution >= 4 is 12.0 Å². The number of nitrogens with zero attached hydrogens (tertiary/aromatic N) is 2. The van der Waals surface area contributed by atoms with Crippen LogP contribution in [0.5, 0.6) is 0 Å². The molecule has 0 aromatic heterocycles. The average molecular weight is 391 g/mol. The summed E-state index contributed by atoms with van der Waals surface area (Å²) in [6.07, 6.45) is 3.16. The molecule has 0 aliphatic carbocycles. The molecule has 154 valence electrons. The molecule has 1 N–H and O–H groups in total. The Labute approximate surface area is 166 Å². The van der Waals surface area contributed by atoms with Crippen LogP contribution in [0.25, 0.3) is 0 Å². The molecule has 0 bridgehead atoms. The molecule has 0 saturated carbocycles. The number of esters is 1. The van der Waals surface area contributed by atoms with Gasteiger partial charge >= 0.3 is 12.0 Å². The van der Waals surface area contributed by atoms with Crippen LogP contribution in [-0.2, 0) is 16.1 Å². The van der Waals surface area contributed by atoms with Crippen molar-refractivity contribution in [3.63, 3.8) is 0 Å². The van der Waals surface area contributed by atoms with Crippen LogP contribution in [0.2, 0.25) is 0 Å². The number of amides is 2. The lowest BCUT2D eigenvalue weighted by molar-refractivity contribution is -0.149. The third kappa shape index (κ3) is 5.67. The van der Waals surface area contributed by atoms with Gasteiger partial charge in [-0.3, -0.25) is 9.69 Å². The van der Waals surface area contributed by atoms with Gasteiger partial charge in [-0.05, 0) is 50.3 Å². The number of hydrogen-bond acceptors (Lipinski definition) is 4. The van der Waals surface area contributed by atoms with Crippen LogP contribution in [0.1, 0.15) is 38.2 Å². The highest BCUT2D eigenvalue weighted by Gasteiger charge is 2.29. The number of ether oxygens (including phenoxy) is 1. The van der Waals surface area contributed by atoms with Crippen molar-refractivity contribution in [2.24, 2.45) is 5.92 Å². The second-order valence-corrected chi connectivity index (χ2v) is 7.64. The molecule has 28 heavy (non-hydrogen) atoms. The molecule has 7 heteroatoms. The van der Waals surface area contributed by atoms with Gasteiger partial charge < -0.3 is 15.0 Å². The maximum Gasteiger partial charge on any atom is 0.317 e. The van der Waals surface area contributed by atoms with E-state index < -0.39 is 0 Å². The van der Waals surface area contributed by atoms with Gasteiger partial charge in [-0.2, -0.15) is 0 Å². The Morgan fingerprint density at radius 3 is 2.32 bits per heavy atom. The van der Waals surface area contributed by atoms with Crippen LogP contribution in [0.3, 0.4) is 0 Å². The lowest BCUT2D eigenvalue weighted by atomic mass is 9.97. The molecule has 2 aliphatic heterocycles. The fourth-order valence-corrected chi connectivity index (χ4v) is 3.93. The molecular formula is C21H30FN3O3. The van der Waals surface area contributed by atoms with Gasteiger partial charge in [0.25, 0.3) is 0 Å². The molecule has 2 amide bonds. The van der Waals surface area contributed by atoms with Gasteiger partial charge in [-0.25, -0.2) is 9.18 Å². The predicted octanol–water partition coefficient (Wildman–Crippen LogP) is 2.77. The molecule has 2 saturated heterocycles. The highest BCUT2D eigenvalue weighted by Crippen LogP contribution is 2.20. The lowest BCUT2D eigenvalue weighted by Crippen LogP contribution is -2.51. The van der Waals surface area contributed by atoms with E-state index in [-0.39, 0.29) is 29.8 Å². The van der Waals surface area contributed by atoms with Crippen molar-refractivity contribution in [3.8, 4) is 0 Å². The quantitative estimate of drug-likeness (QED) is 0.784. The first-order chi connectivity index (χ1) is 13.5. The molecule has 1 aromatic rings. The first-order valence-corrected chi connectivity index (χ1v) is 10.2. The number of carbonyl (C=O) groups excluding carboxylic acids is 2. The minimum atomic E-state index is -0.212. The summed E-state index contributed by atoms with van der Waals surface area (Å²) < 4.78 is 18.1. The summed E-state index contributed by atoms with van der Waals surface area (Å²) in [5.74, 6) is -0.439. The molecule has 3 rings (SSSR count). The van der Waals surface area contributed by atoms with E-state index in [4.69, 9.17) is 4.74 Å². The van der Waals surface area contributed by atoms with Gasteiger partial charge in [-0.15, -0.1) is 0 Å². The molecule has 0 unspecified atom stereocenters. The van der Waals surface area contributed by atoms with Crippen LogP contribution in [0, 0.1) is 11.7 Å². The van der Waals surface area contributed by atoms with E-state index in [2.05, 4.69) is 10.2 Å². The van der Waals surface area contributed by atoms with Gasteiger partial charge in [0.1, 0.15) is 5.82 Å². The second-order valence-electron chi connectivity index (χ2n) is 7.64. The molecule has 2 aliphatic rings. The minimum absolute atomic E-state index is 0.0284. The largest absolute Gasteiger partial charge is 0.466 e. The number of nitrogens with one attached hydrogen (secondary N) is 1. The van der Waals surface area contributed by atoms with Crippen molar-refractivity contribution in [1.82, 2.24) is 15.1 Å². The predicted molar refractivity (Wildman–Crippen MR) is 104 cm³/mol. The first-order valence-electron chi connectivity index (χ1n) is 10.2. The molecule has 0 radical (unpaired) electrons. The number of rotatable bonds is 5. The van der Waals surface area contributed by atoms with Crippen molar-refractivity contribution < 1.29 is 18.7 Å². The number of halogens is 1. The van der Waals surface area contributed by atoms with E-state index in [1.807, 2.05) is 19.1 Å². The number of benzene rings is 1. The molecular weight excluding hydrogens is 361 g/mol.